The summed E-state index contributed by atoms with van der Waals surface area (Å²) in [6.45, 7) is 8.91. The molecular weight excluding hydrogens is 576 g/mol. The quantitative estimate of drug-likeness (QED) is 0.180. The van der Waals surface area contributed by atoms with Gasteiger partial charge in [0, 0.05) is 32.4 Å². The number of hydrogen-bond acceptors (Lipinski definition) is 3. The van der Waals surface area contributed by atoms with Gasteiger partial charge in [-0.05, 0) is 84.8 Å². The first-order valence-electron chi connectivity index (χ1n) is 17.8. The predicted molar refractivity (Wildman–Crippen MR) is 193 cm³/mol. The molecular formula is C42H39N4O+. The first-order valence-corrected chi connectivity index (χ1v) is 16.3. The highest BCUT2D eigenvalue weighted by atomic mass is 16.3. The molecule has 4 heterocycles. The molecule has 0 fully saturated rings. The summed E-state index contributed by atoms with van der Waals surface area (Å²) >= 11 is 0. The largest absolute Gasteiger partial charge is 0.453 e. The fourth-order valence-corrected chi connectivity index (χ4v) is 7.11. The van der Waals surface area contributed by atoms with Gasteiger partial charge in [0.25, 0.3) is 5.82 Å². The molecule has 232 valence electrons. The van der Waals surface area contributed by atoms with Gasteiger partial charge in [-0.3, -0.25) is 4.98 Å². The summed E-state index contributed by atoms with van der Waals surface area (Å²) in [5, 5.41) is 0.895. The molecule has 0 atom stereocenters. The van der Waals surface area contributed by atoms with Crippen LogP contribution >= 0.6 is 0 Å². The predicted octanol–water partition coefficient (Wildman–Crippen LogP) is 10.5. The van der Waals surface area contributed by atoms with Crippen molar-refractivity contribution in [1.29, 1.82) is 0 Å². The molecule has 5 heteroatoms. The number of aryl methyl sites for hydroxylation is 3. The Labute approximate surface area is 279 Å². The van der Waals surface area contributed by atoms with E-state index < -0.39 is 6.85 Å². The van der Waals surface area contributed by atoms with Crippen molar-refractivity contribution >= 4 is 44.1 Å². The molecule has 0 bridgehead atoms. The fourth-order valence-electron chi connectivity index (χ4n) is 7.11. The van der Waals surface area contributed by atoms with Crippen molar-refractivity contribution in [2.75, 3.05) is 0 Å². The van der Waals surface area contributed by atoms with Crippen molar-refractivity contribution < 1.29 is 13.1 Å². The average Bonchev–Trinajstić information content (AvgIpc) is 3.60. The molecule has 8 aromatic rings. The molecule has 0 aliphatic heterocycles. The van der Waals surface area contributed by atoms with Crippen LogP contribution in [0.1, 0.15) is 66.0 Å². The summed E-state index contributed by atoms with van der Waals surface area (Å²) in [7, 11) is 2.13. The second-order valence-corrected chi connectivity index (χ2v) is 13.2. The molecule has 4 aromatic heterocycles. The van der Waals surface area contributed by atoms with Crippen LogP contribution in [0.25, 0.3) is 72.3 Å². The number of nitrogens with zero attached hydrogens (tertiary/aromatic N) is 4. The van der Waals surface area contributed by atoms with Crippen LogP contribution in [-0.4, -0.2) is 14.5 Å². The zero-order chi connectivity index (χ0) is 35.1. The number of hydrogen-bond donors (Lipinski definition) is 0. The van der Waals surface area contributed by atoms with Crippen LogP contribution in [-0.2, 0) is 7.05 Å². The third-order valence-corrected chi connectivity index (χ3v) is 9.45. The molecule has 47 heavy (non-hydrogen) atoms. The summed E-state index contributed by atoms with van der Waals surface area (Å²) in [6.07, 6.45) is 0. The average molecular weight is 619 g/mol. The van der Waals surface area contributed by atoms with E-state index in [-0.39, 0.29) is 17.5 Å². The summed E-state index contributed by atoms with van der Waals surface area (Å²) in [6, 6.07) is 33.2. The zero-order valence-corrected chi connectivity index (χ0v) is 27.6. The van der Waals surface area contributed by atoms with Crippen LogP contribution in [0.2, 0.25) is 0 Å². The Morgan fingerprint density at radius 1 is 0.766 bits per heavy atom. The number of benzene rings is 4. The monoisotopic (exact) mass is 618 g/mol. The highest BCUT2D eigenvalue weighted by Gasteiger charge is 2.34. The Hall–Kier alpha value is -5.29. The number of imidazole rings is 1. The van der Waals surface area contributed by atoms with Crippen molar-refractivity contribution in [3.63, 3.8) is 0 Å². The first-order chi connectivity index (χ1) is 23.9. The number of fused-ring (bicyclic) bond motifs is 5. The summed E-state index contributed by atoms with van der Waals surface area (Å²) in [4.78, 5) is 9.41. The van der Waals surface area contributed by atoms with Crippen LogP contribution in [0, 0.1) is 13.8 Å². The highest BCUT2D eigenvalue weighted by molar-refractivity contribution is 6.10. The number of para-hydroxylation sites is 2. The molecule has 0 amide bonds. The smallest absolute Gasteiger partial charge is 0.299 e. The van der Waals surface area contributed by atoms with Crippen molar-refractivity contribution in [2.24, 2.45) is 7.05 Å². The Morgan fingerprint density at radius 3 is 2.21 bits per heavy atom. The second-order valence-electron chi connectivity index (χ2n) is 13.2. The lowest BCUT2D eigenvalue weighted by molar-refractivity contribution is -0.633. The minimum absolute atomic E-state index is 0.0375. The van der Waals surface area contributed by atoms with Crippen molar-refractivity contribution in [2.45, 2.75) is 53.3 Å². The maximum absolute atomic E-state index is 7.86. The fraction of sp³-hybridized carbons (Fsp3) is 0.214. The van der Waals surface area contributed by atoms with Gasteiger partial charge in [0.05, 0.1) is 18.1 Å². The lowest BCUT2D eigenvalue weighted by Crippen LogP contribution is -2.30. The van der Waals surface area contributed by atoms with Crippen LogP contribution in [0.4, 0.5) is 0 Å². The van der Waals surface area contributed by atoms with Gasteiger partial charge in [-0.2, -0.15) is 4.57 Å². The third kappa shape index (κ3) is 4.56. The molecule has 0 spiro atoms. The minimum atomic E-state index is -2.31. The Kier molecular flexibility index (Phi) is 6.00. The van der Waals surface area contributed by atoms with E-state index in [1.807, 2.05) is 6.07 Å². The molecule has 0 saturated carbocycles. The van der Waals surface area contributed by atoms with E-state index in [2.05, 4.69) is 135 Å². The number of furan rings is 1. The third-order valence-electron chi connectivity index (χ3n) is 9.45. The molecule has 0 aliphatic rings. The van der Waals surface area contributed by atoms with Crippen LogP contribution < -0.4 is 4.57 Å². The van der Waals surface area contributed by atoms with Gasteiger partial charge >= 0.3 is 0 Å². The lowest BCUT2D eigenvalue weighted by atomic mass is 9.88. The molecule has 0 radical (unpaired) electrons. The van der Waals surface area contributed by atoms with Crippen molar-refractivity contribution in [1.82, 2.24) is 14.5 Å². The Balaban J connectivity index is 1.48. The maximum atomic E-state index is 7.86. The van der Waals surface area contributed by atoms with E-state index in [0.717, 1.165) is 44.5 Å². The molecule has 0 saturated heterocycles. The van der Waals surface area contributed by atoms with Gasteiger partial charge in [-0.1, -0.05) is 76.2 Å². The van der Waals surface area contributed by atoms with Gasteiger partial charge in [0.1, 0.15) is 16.8 Å². The van der Waals surface area contributed by atoms with Gasteiger partial charge in [0.2, 0.25) is 0 Å². The zero-order valence-electron chi connectivity index (χ0n) is 30.6. The molecule has 0 unspecified atom stereocenters. The van der Waals surface area contributed by atoms with Gasteiger partial charge in [-0.15, -0.1) is 0 Å². The SMILES string of the molecule is [2H]C([2H])([2H])c1ccc2nc3c(cc2n1)oc1c(-c2n(-c4c(C(C)C)cc(-c5ccccc5)cc4C(C)C)c4ccccc4[n+]2C)c(C)ccc13. The first kappa shape index (κ1) is 25.9. The van der Waals surface area contributed by atoms with E-state index in [1.54, 1.807) is 6.07 Å². The van der Waals surface area contributed by atoms with Crippen LogP contribution in [0.3, 0.4) is 0 Å². The topological polar surface area (TPSA) is 47.7 Å². The van der Waals surface area contributed by atoms with Crippen molar-refractivity contribution in [3.05, 3.63) is 119 Å². The Bertz CT molecular complexity index is 2580. The highest BCUT2D eigenvalue weighted by Crippen LogP contribution is 2.43. The van der Waals surface area contributed by atoms with E-state index in [4.69, 9.17) is 13.5 Å². The van der Waals surface area contributed by atoms with E-state index >= 15 is 0 Å². The van der Waals surface area contributed by atoms with Gasteiger partial charge < -0.3 is 4.42 Å². The maximum Gasteiger partial charge on any atom is 0.299 e. The molecule has 0 N–H and O–H groups in total. The van der Waals surface area contributed by atoms with Gasteiger partial charge in [-0.25, -0.2) is 9.55 Å². The van der Waals surface area contributed by atoms with Crippen LogP contribution in [0.15, 0.2) is 101 Å². The molecule has 8 rings (SSSR count). The normalized spacial score (nSPS) is 13.3. The van der Waals surface area contributed by atoms with E-state index in [1.165, 1.54) is 34.0 Å². The molecule has 5 nitrogen and oxygen atoms in total. The molecule has 4 aromatic carbocycles. The Morgan fingerprint density at radius 2 is 1.49 bits per heavy atom. The summed E-state index contributed by atoms with van der Waals surface area (Å²) < 4.78 is 35.1. The van der Waals surface area contributed by atoms with E-state index in [0.29, 0.717) is 16.6 Å². The molecule has 0 aliphatic carbocycles. The van der Waals surface area contributed by atoms with E-state index in [9.17, 15) is 0 Å². The summed E-state index contributed by atoms with van der Waals surface area (Å²) in [5.74, 6) is 1.51. The van der Waals surface area contributed by atoms with Crippen molar-refractivity contribution in [3.8, 4) is 28.2 Å². The number of pyridine rings is 2. The lowest BCUT2D eigenvalue weighted by Gasteiger charge is -2.21. The number of rotatable bonds is 5. The minimum Gasteiger partial charge on any atom is -0.453 e. The van der Waals surface area contributed by atoms with Crippen LogP contribution in [0.5, 0.6) is 0 Å². The standard InChI is InChI=1S/C42H39N4O/c1-24(2)31-21-29(28-13-9-8-10-14-28)22-32(25(3)4)40(31)46-36-16-12-11-15-35(36)45(7)42(46)38-26(5)17-19-30-39-37(47-41(30)38)23-34-33(44-39)20-18-27(6)43-34/h8-25H,1-7H3/q+1/i6D3. The second kappa shape index (κ2) is 10.9. The number of aromatic nitrogens is 4. The van der Waals surface area contributed by atoms with Gasteiger partial charge in [0.15, 0.2) is 22.2 Å². The summed E-state index contributed by atoms with van der Waals surface area (Å²) in [5.41, 5.74) is 13.6.